The van der Waals surface area contributed by atoms with E-state index >= 15 is 0 Å². The van der Waals surface area contributed by atoms with Crippen LogP contribution < -0.4 is 10.9 Å². The number of halogens is 3. The number of aryl methyl sites for hydroxylation is 1. The molecule has 2 heterocycles. The number of nitrogens with zero attached hydrogens (tertiary/aromatic N) is 2. The standard InChI is InChI=1S/C26H26F3N3OS/c1-4-5-7-16(2)17(3)31-20-10-11-21-22(13-20)34-24-23(21)25(33)32(15-30-24)14-18-8-6-9-19(12-18)26(27,28)29/h4-9,12,15,17,20,31H,1-2,10-11,13-14H2,3H3/b7-5-. The van der Waals surface area contributed by atoms with Gasteiger partial charge in [-0.25, -0.2) is 4.98 Å². The minimum Gasteiger partial charge on any atom is -0.307 e. The lowest BCUT2D eigenvalue weighted by Crippen LogP contribution is -2.40. The molecule has 1 aromatic carbocycles. The summed E-state index contributed by atoms with van der Waals surface area (Å²) in [6.07, 6.45) is 4.95. The van der Waals surface area contributed by atoms with Gasteiger partial charge in [-0.2, -0.15) is 13.2 Å². The van der Waals surface area contributed by atoms with Crippen molar-refractivity contribution < 1.29 is 13.2 Å². The van der Waals surface area contributed by atoms with Crippen LogP contribution in [0.1, 0.15) is 34.9 Å². The van der Waals surface area contributed by atoms with Gasteiger partial charge in [0.25, 0.3) is 5.56 Å². The molecule has 0 radical (unpaired) electrons. The van der Waals surface area contributed by atoms with Gasteiger partial charge in [-0.05, 0) is 55.0 Å². The minimum atomic E-state index is -4.42. The van der Waals surface area contributed by atoms with Gasteiger partial charge in [-0.3, -0.25) is 9.36 Å². The van der Waals surface area contributed by atoms with Gasteiger partial charge in [0.2, 0.25) is 0 Å². The zero-order chi connectivity index (χ0) is 24.5. The van der Waals surface area contributed by atoms with Gasteiger partial charge < -0.3 is 5.32 Å². The second-order valence-corrected chi connectivity index (χ2v) is 9.64. The van der Waals surface area contributed by atoms with Crippen LogP contribution in [0.5, 0.6) is 0 Å². The summed E-state index contributed by atoms with van der Waals surface area (Å²) >= 11 is 1.52. The second-order valence-electron chi connectivity index (χ2n) is 8.56. The third-order valence-electron chi connectivity index (χ3n) is 6.13. The summed E-state index contributed by atoms with van der Waals surface area (Å²) in [5.74, 6) is 0. The Balaban J connectivity index is 1.56. The van der Waals surface area contributed by atoms with Crippen LogP contribution >= 0.6 is 11.3 Å². The Bertz CT molecular complexity index is 1320. The Morgan fingerprint density at radius 1 is 1.41 bits per heavy atom. The quantitative estimate of drug-likeness (QED) is 0.440. The van der Waals surface area contributed by atoms with Gasteiger partial charge in [0, 0.05) is 17.0 Å². The fourth-order valence-corrected chi connectivity index (χ4v) is 5.55. The van der Waals surface area contributed by atoms with Gasteiger partial charge in [0.1, 0.15) is 4.83 Å². The maximum atomic E-state index is 13.3. The van der Waals surface area contributed by atoms with Gasteiger partial charge in [-0.1, -0.05) is 43.5 Å². The molecule has 1 aliphatic carbocycles. The Morgan fingerprint density at radius 2 is 2.21 bits per heavy atom. The van der Waals surface area contributed by atoms with Crippen molar-refractivity contribution in [2.75, 3.05) is 0 Å². The van der Waals surface area contributed by atoms with Crippen molar-refractivity contribution >= 4 is 21.6 Å². The van der Waals surface area contributed by atoms with Crippen molar-refractivity contribution in [3.8, 4) is 0 Å². The first-order valence-electron chi connectivity index (χ1n) is 11.1. The molecule has 4 nitrogen and oxygen atoms in total. The molecule has 34 heavy (non-hydrogen) atoms. The van der Waals surface area contributed by atoms with Crippen LogP contribution in [0.4, 0.5) is 13.2 Å². The molecule has 2 unspecified atom stereocenters. The van der Waals surface area contributed by atoms with E-state index in [9.17, 15) is 18.0 Å². The molecule has 8 heteroatoms. The highest BCUT2D eigenvalue weighted by Gasteiger charge is 2.30. The van der Waals surface area contributed by atoms with Crippen LogP contribution in [0.25, 0.3) is 10.2 Å². The van der Waals surface area contributed by atoms with Gasteiger partial charge in [-0.15, -0.1) is 11.3 Å². The average Bonchev–Trinajstić information content (AvgIpc) is 3.17. The molecule has 0 saturated heterocycles. The lowest BCUT2D eigenvalue weighted by molar-refractivity contribution is -0.137. The Morgan fingerprint density at radius 3 is 2.94 bits per heavy atom. The topological polar surface area (TPSA) is 46.9 Å². The number of hydrogen-bond acceptors (Lipinski definition) is 4. The molecule has 2 atom stereocenters. The number of fused-ring (bicyclic) bond motifs is 3. The lowest BCUT2D eigenvalue weighted by atomic mass is 9.92. The Kier molecular flexibility index (Phi) is 6.91. The van der Waals surface area contributed by atoms with Crippen LogP contribution in [-0.4, -0.2) is 21.6 Å². The highest BCUT2D eigenvalue weighted by atomic mass is 32.1. The summed E-state index contributed by atoms with van der Waals surface area (Å²) < 4.78 is 40.6. The third kappa shape index (κ3) is 5.08. The first kappa shape index (κ1) is 24.2. The number of nitrogens with one attached hydrogen (secondary N) is 1. The van der Waals surface area contributed by atoms with E-state index in [1.165, 1.54) is 28.3 Å². The second kappa shape index (κ2) is 9.72. The molecule has 2 aromatic heterocycles. The van der Waals surface area contributed by atoms with Crippen molar-refractivity contribution in [1.29, 1.82) is 0 Å². The molecule has 0 aliphatic heterocycles. The van der Waals surface area contributed by atoms with E-state index in [0.717, 1.165) is 47.4 Å². The molecule has 1 aliphatic rings. The van der Waals surface area contributed by atoms with E-state index < -0.39 is 11.7 Å². The van der Waals surface area contributed by atoms with Crippen molar-refractivity contribution in [3.05, 3.63) is 99.5 Å². The number of benzene rings is 1. The SMILES string of the molecule is C=C/C=C\C(=C)C(C)NC1CCc2c(sc3ncn(Cc4cccc(C(F)(F)F)c4)c(=O)c23)C1. The van der Waals surface area contributed by atoms with Gasteiger partial charge in [0.15, 0.2) is 0 Å². The summed E-state index contributed by atoms with van der Waals surface area (Å²) in [5.41, 5.74) is 1.47. The zero-order valence-corrected chi connectivity index (χ0v) is 19.7. The van der Waals surface area contributed by atoms with E-state index in [2.05, 4.69) is 30.4 Å². The number of allylic oxidation sites excluding steroid dienone is 2. The zero-order valence-electron chi connectivity index (χ0n) is 18.9. The number of aromatic nitrogens is 2. The molecule has 178 valence electrons. The Hall–Kier alpha value is -2.97. The maximum Gasteiger partial charge on any atom is 0.416 e. The Labute approximate surface area is 200 Å². The highest BCUT2D eigenvalue weighted by molar-refractivity contribution is 7.18. The molecule has 3 aromatic rings. The molecule has 0 bridgehead atoms. The molecular formula is C26H26F3N3OS. The largest absolute Gasteiger partial charge is 0.416 e. The predicted octanol–water partition coefficient (Wildman–Crippen LogP) is 5.66. The molecular weight excluding hydrogens is 459 g/mol. The van der Waals surface area contributed by atoms with E-state index in [0.29, 0.717) is 15.8 Å². The van der Waals surface area contributed by atoms with Crippen molar-refractivity contribution in [2.45, 2.75) is 51.0 Å². The van der Waals surface area contributed by atoms with Crippen LogP contribution in [0.3, 0.4) is 0 Å². The van der Waals surface area contributed by atoms with Crippen LogP contribution in [0, 0.1) is 0 Å². The molecule has 4 rings (SSSR count). The summed E-state index contributed by atoms with van der Waals surface area (Å²) in [7, 11) is 0. The van der Waals surface area contributed by atoms with Gasteiger partial charge >= 0.3 is 6.18 Å². The van der Waals surface area contributed by atoms with Crippen LogP contribution in [0.15, 0.2) is 72.3 Å². The van der Waals surface area contributed by atoms with Crippen LogP contribution in [0.2, 0.25) is 0 Å². The van der Waals surface area contributed by atoms with E-state index in [1.54, 1.807) is 12.1 Å². The monoisotopic (exact) mass is 485 g/mol. The summed E-state index contributed by atoms with van der Waals surface area (Å²) in [4.78, 5) is 19.6. The molecule has 0 amide bonds. The average molecular weight is 486 g/mol. The first-order valence-corrected chi connectivity index (χ1v) is 11.9. The summed E-state index contributed by atoms with van der Waals surface area (Å²) in [6, 6.07) is 5.42. The summed E-state index contributed by atoms with van der Waals surface area (Å²) in [6.45, 7) is 9.89. The number of thiophene rings is 1. The number of hydrogen-bond donors (Lipinski definition) is 1. The minimum absolute atomic E-state index is 0.0400. The van der Waals surface area contributed by atoms with Crippen molar-refractivity contribution in [2.24, 2.45) is 0 Å². The molecule has 0 saturated carbocycles. The normalized spacial score (nSPS) is 17.1. The van der Waals surface area contributed by atoms with E-state index in [1.807, 2.05) is 12.2 Å². The number of rotatable bonds is 7. The van der Waals surface area contributed by atoms with Crippen molar-refractivity contribution in [3.63, 3.8) is 0 Å². The highest BCUT2D eigenvalue weighted by Crippen LogP contribution is 2.34. The smallest absolute Gasteiger partial charge is 0.307 e. The fraction of sp³-hybridized carbons (Fsp3) is 0.308. The third-order valence-corrected chi connectivity index (χ3v) is 7.29. The van der Waals surface area contributed by atoms with Gasteiger partial charge in [0.05, 0.1) is 23.8 Å². The van der Waals surface area contributed by atoms with Crippen LogP contribution in [-0.2, 0) is 25.6 Å². The fourth-order valence-electron chi connectivity index (χ4n) is 4.30. The maximum absolute atomic E-state index is 13.3. The molecule has 0 spiro atoms. The molecule has 1 N–H and O–H groups in total. The van der Waals surface area contributed by atoms with Crippen molar-refractivity contribution in [1.82, 2.24) is 14.9 Å². The van der Waals surface area contributed by atoms with E-state index in [-0.39, 0.29) is 24.2 Å². The molecule has 0 fully saturated rings. The lowest BCUT2D eigenvalue weighted by Gasteiger charge is -2.27. The number of alkyl halides is 3. The summed E-state index contributed by atoms with van der Waals surface area (Å²) in [5, 5.41) is 4.21. The van der Waals surface area contributed by atoms with E-state index in [4.69, 9.17) is 0 Å². The first-order chi connectivity index (χ1) is 16.2. The predicted molar refractivity (Wildman–Crippen MR) is 131 cm³/mol.